The molecule has 2 N–H and O–H groups in total. The molecule has 126 valence electrons. The van der Waals surface area contributed by atoms with E-state index >= 15 is 0 Å². The van der Waals surface area contributed by atoms with Gasteiger partial charge in [-0.3, -0.25) is 10.2 Å². The van der Waals surface area contributed by atoms with Gasteiger partial charge in [0.1, 0.15) is 12.4 Å². The number of carbonyl (C=O) groups excluding carboxylic acids is 2. The van der Waals surface area contributed by atoms with E-state index in [0.717, 1.165) is 5.69 Å². The first-order chi connectivity index (χ1) is 11.6. The van der Waals surface area contributed by atoms with Crippen molar-refractivity contribution in [3.05, 3.63) is 59.9 Å². The lowest BCUT2D eigenvalue weighted by Crippen LogP contribution is -2.27. The molecule has 8 nitrogen and oxygen atoms in total. The van der Waals surface area contributed by atoms with E-state index in [9.17, 15) is 9.59 Å². The lowest BCUT2D eigenvalue weighted by Gasteiger charge is -2.14. The molecule has 0 aliphatic carbocycles. The summed E-state index contributed by atoms with van der Waals surface area (Å²) in [5, 5.41) is 8.36. The lowest BCUT2D eigenvalue weighted by molar-refractivity contribution is -0.150. The van der Waals surface area contributed by atoms with Gasteiger partial charge in [-0.05, 0) is 29.8 Å². The number of nitrogens with zero attached hydrogens (tertiary/aromatic N) is 1. The number of methoxy groups -OCH3 is 1. The van der Waals surface area contributed by atoms with E-state index < -0.39 is 18.2 Å². The minimum Gasteiger partial charge on any atom is -0.487 e. The average molecular weight is 332 g/mol. The third-order valence-corrected chi connectivity index (χ3v) is 3.03. The summed E-state index contributed by atoms with van der Waals surface area (Å²) < 4.78 is 15.0. The smallest absolute Gasteiger partial charge is 0.438 e. The molecule has 1 aromatic heterocycles. The van der Waals surface area contributed by atoms with E-state index in [-0.39, 0.29) is 0 Å². The lowest BCUT2D eigenvalue weighted by atomic mass is 10.1. The number of hydrogen-bond donors (Lipinski definition) is 2. The maximum absolute atomic E-state index is 11.8. The van der Waals surface area contributed by atoms with Crippen molar-refractivity contribution in [2.24, 2.45) is 0 Å². The van der Waals surface area contributed by atoms with Crippen molar-refractivity contribution in [1.82, 2.24) is 10.5 Å². The highest BCUT2D eigenvalue weighted by Crippen LogP contribution is 2.22. The molecule has 0 radical (unpaired) electrons. The molecule has 1 aromatic carbocycles. The second-order valence-corrected chi connectivity index (χ2v) is 4.61. The van der Waals surface area contributed by atoms with Crippen molar-refractivity contribution in [2.75, 3.05) is 7.11 Å². The summed E-state index contributed by atoms with van der Waals surface area (Å²) >= 11 is 0. The van der Waals surface area contributed by atoms with E-state index in [0.29, 0.717) is 17.9 Å². The fraction of sp³-hybridized carbons (Fsp3) is 0.188. The number of esters is 1. The number of rotatable bonds is 6. The molecular weight excluding hydrogens is 316 g/mol. The first kappa shape index (κ1) is 17.4. The molecule has 1 unspecified atom stereocenters. The Bertz CT molecular complexity index is 675. The maximum Gasteiger partial charge on any atom is 0.438 e. The highest BCUT2D eigenvalue weighted by molar-refractivity contribution is 5.87. The second-order valence-electron chi connectivity index (χ2n) is 4.61. The van der Waals surface area contributed by atoms with Crippen molar-refractivity contribution < 1.29 is 29.0 Å². The highest BCUT2D eigenvalue weighted by Gasteiger charge is 2.24. The minimum atomic E-state index is -1.28. The molecule has 1 amide bonds. The van der Waals surface area contributed by atoms with Crippen LogP contribution in [0.25, 0.3) is 0 Å². The van der Waals surface area contributed by atoms with Crippen LogP contribution in [0.4, 0.5) is 4.79 Å². The van der Waals surface area contributed by atoms with E-state index in [4.69, 9.17) is 14.7 Å². The summed E-state index contributed by atoms with van der Waals surface area (Å²) in [6, 6.07) is 12.1. The largest absolute Gasteiger partial charge is 0.487 e. The number of hydroxylamine groups is 1. The summed E-state index contributed by atoms with van der Waals surface area (Å²) in [6.07, 6.45) is -0.705. The Balaban J connectivity index is 1.99. The molecular formula is C16H16N2O6. The van der Waals surface area contributed by atoms with Crippen molar-refractivity contribution >= 4 is 12.1 Å². The first-order valence-electron chi connectivity index (χ1n) is 6.95. The molecule has 1 atom stereocenters. The van der Waals surface area contributed by atoms with Gasteiger partial charge in [-0.15, -0.1) is 0 Å². The van der Waals surface area contributed by atoms with Gasteiger partial charge in [-0.1, -0.05) is 18.2 Å². The molecule has 0 saturated heterocycles. The fourth-order valence-corrected chi connectivity index (χ4v) is 1.92. The predicted molar refractivity (Wildman–Crippen MR) is 81.2 cm³/mol. The molecule has 0 saturated carbocycles. The molecule has 0 aliphatic heterocycles. The third kappa shape index (κ3) is 4.77. The Morgan fingerprint density at radius 1 is 1.21 bits per heavy atom. The van der Waals surface area contributed by atoms with Crippen LogP contribution in [0.1, 0.15) is 17.4 Å². The zero-order chi connectivity index (χ0) is 17.4. The highest BCUT2D eigenvalue weighted by atomic mass is 16.6. The molecule has 24 heavy (non-hydrogen) atoms. The normalized spacial score (nSPS) is 11.4. The van der Waals surface area contributed by atoms with Gasteiger partial charge in [-0.25, -0.2) is 15.1 Å². The second kappa shape index (κ2) is 8.61. The van der Waals surface area contributed by atoms with Crippen LogP contribution in [-0.2, 0) is 20.9 Å². The van der Waals surface area contributed by atoms with Crippen LogP contribution >= 0.6 is 0 Å². The van der Waals surface area contributed by atoms with Crippen molar-refractivity contribution in [3.8, 4) is 5.75 Å². The number of ether oxygens (including phenoxy) is 3. The van der Waals surface area contributed by atoms with Crippen LogP contribution in [0.5, 0.6) is 5.75 Å². The predicted octanol–water partition coefficient (Wildman–Crippen LogP) is 1.99. The Kier molecular flexibility index (Phi) is 6.23. The Morgan fingerprint density at radius 2 is 1.96 bits per heavy atom. The van der Waals surface area contributed by atoms with Crippen molar-refractivity contribution in [2.45, 2.75) is 12.7 Å². The summed E-state index contributed by atoms with van der Waals surface area (Å²) in [4.78, 5) is 26.8. The Labute approximate surface area is 137 Å². The Hall–Kier alpha value is -2.97. The summed E-state index contributed by atoms with van der Waals surface area (Å²) in [7, 11) is 1.30. The maximum atomic E-state index is 11.8. The molecule has 0 aliphatic rings. The van der Waals surface area contributed by atoms with Crippen molar-refractivity contribution in [1.29, 1.82) is 0 Å². The number of aromatic nitrogens is 1. The average Bonchev–Trinajstić information content (AvgIpc) is 2.62. The third-order valence-electron chi connectivity index (χ3n) is 3.03. The van der Waals surface area contributed by atoms with E-state index in [1.165, 1.54) is 12.6 Å². The van der Waals surface area contributed by atoms with Gasteiger partial charge in [0, 0.05) is 13.3 Å². The number of hydrogen-bond acceptors (Lipinski definition) is 7. The number of pyridine rings is 1. The van der Waals surface area contributed by atoms with Crippen LogP contribution in [0, 0.1) is 0 Å². The van der Waals surface area contributed by atoms with E-state index in [1.54, 1.807) is 30.5 Å². The fourth-order valence-electron chi connectivity index (χ4n) is 1.92. The number of benzene rings is 1. The number of carbonyl (C=O) groups is 2. The molecule has 8 heteroatoms. The molecule has 0 fully saturated rings. The van der Waals surface area contributed by atoms with Crippen LogP contribution in [0.15, 0.2) is 48.7 Å². The quantitative estimate of drug-likeness (QED) is 0.360. The van der Waals surface area contributed by atoms with Crippen LogP contribution in [0.2, 0.25) is 0 Å². The molecule has 2 rings (SSSR count). The topological polar surface area (TPSA) is 107 Å². The zero-order valence-corrected chi connectivity index (χ0v) is 12.8. The van der Waals surface area contributed by atoms with Gasteiger partial charge in [-0.2, -0.15) is 0 Å². The van der Waals surface area contributed by atoms with Gasteiger partial charge >= 0.3 is 12.1 Å². The van der Waals surface area contributed by atoms with Gasteiger partial charge in [0.25, 0.3) is 0 Å². The molecule has 2 aromatic rings. The molecule has 0 spiro atoms. The minimum absolute atomic E-state index is 0.312. The number of nitrogens with one attached hydrogen (secondary N) is 1. The first-order valence-corrected chi connectivity index (χ1v) is 6.95. The van der Waals surface area contributed by atoms with Gasteiger partial charge in [0.05, 0.1) is 5.69 Å². The van der Waals surface area contributed by atoms with Crippen LogP contribution in [-0.4, -0.2) is 29.4 Å². The monoisotopic (exact) mass is 332 g/mol. The SMILES string of the molecule is COC(C(=O)OC(=O)NO)c1ccc(OCc2ccccn2)cc1. The Morgan fingerprint density at radius 3 is 2.54 bits per heavy atom. The van der Waals surface area contributed by atoms with Gasteiger partial charge in [0.15, 0.2) is 6.10 Å². The standard InChI is InChI=1S/C16H16N2O6/c1-22-14(15(19)24-16(20)18-21)11-5-7-13(8-6-11)23-10-12-4-2-3-9-17-12/h2-9,14,21H,10H2,1H3,(H,18,20). The van der Waals surface area contributed by atoms with Gasteiger partial charge in [0.2, 0.25) is 0 Å². The summed E-state index contributed by atoms with van der Waals surface area (Å²) in [5.41, 5.74) is 2.46. The van der Waals surface area contributed by atoms with Crippen LogP contribution < -0.4 is 10.2 Å². The summed E-state index contributed by atoms with van der Waals surface area (Å²) in [5.74, 6) is -0.369. The summed E-state index contributed by atoms with van der Waals surface area (Å²) in [6.45, 7) is 0.312. The van der Waals surface area contributed by atoms with E-state index in [2.05, 4.69) is 9.72 Å². The van der Waals surface area contributed by atoms with Gasteiger partial charge < -0.3 is 14.2 Å². The van der Waals surface area contributed by atoms with E-state index in [1.807, 2.05) is 18.2 Å². The molecule has 1 heterocycles. The number of amides is 1. The van der Waals surface area contributed by atoms with Crippen LogP contribution in [0.3, 0.4) is 0 Å². The zero-order valence-electron chi connectivity index (χ0n) is 12.8. The molecule has 0 bridgehead atoms. The van der Waals surface area contributed by atoms with Crippen molar-refractivity contribution in [3.63, 3.8) is 0 Å².